The Morgan fingerprint density at radius 1 is 0.750 bits per heavy atom. The summed E-state index contributed by atoms with van der Waals surface area (Å²) in [6.45, 7) is 0. The number of benzene rings is 3. The van der Waals surface area contributed by atoms with Crippen LogP contribution in [0, 0.1) is 0 Å². The van der Waals surface area contributed by atoms with Crippen molar-refractivity contribution in [1.29, 1.82) is 0 Å². The fourth-order valence-corrected chi connectivity index (χ4v) is 3.06. The monoisotopic (exact) mass is 317 g/mol. The molecule has 0 bridgehead atoms. The minimum absolute atomic E-state index is 0.338. The maximum absolute atomic E-state index is 13.2. The van der Waals surface area contributed by atoms with E-state index in [0.717, 1.165) is 0 Å². The fourth-order valence-electron chi connectivity index (χ4n) is 3.06. The van der Waals surface area contributed by atoms with Gasteiger partial charge < -0.3 is 4.74 Å². The highest BCUT2D eigenvalue weighted by Crippen LogP contribution is 2.44. The molecule has 0 aliphatic carbocycles. The van der Waals surface area contributed by atoms with Gasteiger partial charge in [-0.3, -0.25) is 10.0 Å². The number of anilines is 1. The highest BCUT2D eigenvalue weighted by Gasteiger charge is 2.51. The molecule has 1 aliphatic heterocycles. The predicted molar refractivity (Wildman–Crippen MR) is 90.0 cm³/mol. The first-order valence-corrected chi connectivity index (χ1v) is 7.66. The molecular formula is C20H15NO3. The Morgan fingerprint density at radius 3 is 1.83 bits per heavy atom. The topological polar surface area (TPSA) is 49.8 Å². The lowest BCUT2D eigenvalue weighted by Crippen LogP contribution is -2.53. The van der Waals surface area contributed by atoms with Crippen molar-refractivity contribution >= 4 is 11.6 Å². The number of amides is 1. The Bertz CT molecular complexity index is 838. The van der Waals surface area contributed by atoms with Crippen molar-refractivity contribution in [3.8, 4) is 5.75 Å². The average Bonchev–Trinajstić information content (AvgIpc) is 2.66. The SMILES string of the molecule is O=C1N(O)c2ccccc2OC1(c1ccccc1)c1ccccc1. The highest BCUT2D eigenvalue weighted by molar-refractivity contribution is 6.03. The van der Waals surface area contributed by atoms with E-state index in [1.807, 2.05) is 66.7 Å². The molecule has 4 nitrogen and oxygen atoms in total. The Morgan fingerprint density at radius 2 is 1.25 bits per heavy atom. The third-order valence-electron chi connectivity index (χ3n) is 4.21. The number of carbonyl (C=O) groups excluding carboxylic acids is 1. The third-order valence-corrected chi connectivity index (χ3v) is 4.21. The number of hydrogen-bond donors (Lipinski definition) is 1. The fraction of sp³-hybridized carbons (Fsp3) is 0.0500. The Hall–Kier alpha value is -3.11. The second-order valence-corrected chi connectivity index (χ2v) is 5.60. The summed E-state index contributed by atoms with van der Waals surface area (Å²) in [7, 11) is 0. The lowest BCUT2D eigenvalue weighted by molar-refractivity contribution is -0.139. The summed E-state index contributed by atoms with van der Waals surface area (Å²) in [6.07, 6.45) is 0. The van der Waals surface area contributed by atoms with Crippen LogP contribution >= 0.6 is 0 Å². The van der Waals surface area contributed by atoms with Gasteiger partial charge in [0.25, 0.3) is 0 Å². The van der Waals surface area contributed by atoms with Gasteiger partial charge in [-0.25, -0.2) is 0 Å². The Labute approximate surface area is 139 Å². The quantitative estimate of drug-likeness (QED) is 0.732. The van der Waals surface area contributed by atoms with E-state index < -0.39 is 11.5 Å². The third kappa shape index (κ3) is 2.01. The lowest BCUT2D eigenvalue weighted by atomic mass is 9.84. The second-order valence-electron chi connectivity index (χ2n) is 5.60. The van der Waals surface area contributed by atoms with Crippen LogP contribution < -0.4 is 9.80 Å². The molecule has 1 heterocycles. The zero-order valence-electron chi connectivity index (χ0n) is 12.8. The van der Waals surface area contributed by atoms with Crippen LogP contribution in [0.3, 0.4) is 0 Å². The maximum Gasteiger partial charge on any atom is 0.304 e. The summed E-state index contributed by atoms with van der Waals surface area (Å²) in [5.74, 6) is -0.0918. The van der Waals surface area contributed by atoms with Gasteiger partial charge in [-0.05, 0) is 12.1 Å². The van der Waals surface area contributed by atoms with Gasteiger partial charge in [-0.15, -0.1) is 0 Å². The molecular weight excluding hydrogens is 302 g/mol. The largest absolute Gasteiger partial charge is 0.465 e. The van der Waals surface area contributed by atoms with E-state index in [1.165, 1.54) is 0 Å². The molecule has 0 aromatic heterocycles. The van der Waals surface area contributed by atoms with Crippen LogP contribution in [0.2, 0.25) is 0 Å². The average molecular weight is 317 g/mol. The van der Waals surface area contributed by atoms with Gasteiger partial charge in [0, 0.05) is 11.1 Å². The summed E-state index contributed by atoms with van der Waals surface area (Å²) >= 11 is 0. The molecule has 1 N–H and O–H groups in total. The van der Waals surface area contributed by atoms with Crippen molar-refractivity contribution in [3.05, 3.63) is 96.1 Å². The molecule has 1 amide bonds. The molecule has 4 heteroatoms. The van der Waals surface area contributed by atoms with Gasteiger partial charge in [0.05, 0.1) is 0 Å². The molecule has 0 fully saturated rings. The number of hydrogen-bond acceptors (Lipinski definition) is 3. The van der Waals surface area contributed by atoms with Crippen molar-refractivity contribution in [2.75, 3.05) is 5.06 Å². The normalized spacial score (nSPS) is 15.5. The van der Waals surface area contributed by atoms with Crippen LogP contribution in [0.15, 0.2) is 84.9 Å². The number of para-hydroxylation sites is 2. The minimum Gasteiger partial charge on any atom is -0.465 e. The summed E-state index contributed by atoms with van der Waals surface area (Å²) < 4.78 is 6.22. The van der Waals surface area contributed by atoms with Gasteiger partial charge in [-0.1, -0.05) is 72.8 Å². The zero-order chi connectivity index (χ0) is 16.6. The highest BCUT2D eigenvalue weighted by atomic mass is 16.6. The molecule has 3 aromatic carbocycles. The van der Waals surface area contributed by atoms with Gasteiger partial charge in [0.1, 0.15) is 11.4 Å². The Balaban J connectivity index is 2.00. The van der Waals surface area contributed by atoms with Crippen LogP contribution in [-0.4, -0.2) is 11.1 Å². The van der Waals surface area contributed by atoms with Crippen molar-refractivity contribution in [1.82, 2.24) is 0 Å². The molecule has 1 aliphatic rings. The van der Waals surface area contributed by atoms with E-state index in [9.17, 15) is 10.0 Å². The lowest BCUT2D eigenvalue weighted by Gasteiger charge is -2.40. The maximum atomic E-state index is 13.2. The molecule has 0 unspecified atom stereocenters. The Kier molecular flexibility index (Phi) is 3.32. The summed E-state index contributed by atoms with van der Waals surface area (Å²) in [4.78, 5) is 13.2. The second kappa shape index (κ2) is 5.51. The number of fused-ring (bicyclic) bond motifs is 1. The van der Waals surface area contributed by atoms with Gasteiger partial charge in [0.15, 0.2) is 0 Å². The number of carbonyl (C=O) groups is 1. The van der Waals surface area contributed by atoms with Crippen LogP contribution in [0.5, 0.6) is 5.75 Å². The molecule has 0 atom stereocenters. The number of ether oxygens (including phenoxy) is 1. The smallest absolute Gasteiger partial charge is 0.304 e. The van der Waals surface area contributed by atoms with Gasteiger partial charge >= 0.3 is 5.91 Å². The zero-order valence-corrected chi connectivity index (χ0v) is 12.8. The van der Waals surface area contributed by atoms with Crippen molar-refractivity contribution in [3.63, 3.8) is 0 Å². The summed E-state index contributed by atoms with van der Waals surface area (Å²) in [5.41, 5.74) is 0.237. The van der Waals surface area contributed by atoms with E-state index in [2.05, 4.69) is 0 Å². The standard InChI is InChI=1S/C20H15NO3/c22-19-20(15-9-3-1-4-10-15,16-11-5-2-6-12-16)24-18-14-8-7-13-17(18)21(19)23/h1-14,23H. The first kappa shape index (κ1) is 14.5. The minimum atomic E-state index is -1.42. The van der Waals surface area contributed by atoms with Crippen LogP contribution in [0.1, 0.15) is 11.1 Å². The van der Waals surface area contributed by atoms with Gasteiger partial charge in [0.2, 0.25) is 5.60 Å². The van der Waals surface area contributed by atoms with E-state index in [4.69, 9.17) is 4.74 Å². The molecule has 24 heavy (non-hydrogen) atoms. The molecule has 0 radical (unpaired) electrons. The van der Waals surface area contributed by atoms with Crippen molar-refractivity contribution < 1.29 is 14.7 Å². The van der Waals surface area contributed by atoms with E-state index in [1.54, 1.807) is 18.2 Å². The van der Waals surface area contributed by atoms with Gasteiger partial charge in [-0.2, -0.15) is 5.06 Å². The number of nitrogens with zero attached hydrogens (tertiary/aromatic N) is 1. The van der Waals surface area contributed by atoms with Crippen molar-refractivity contribution in [2.24, 2.45) is 0 Å². The van der Waals surface area contributed by atoms with E-state index >= 15 is 0 Å². The van der Waals surface area contributed by atoms with Crippen LogP contribution in [0.4, 0.5) is 5.69 Å². The molecule has 4 rings (SSSR count). The molecule has 3 aromatic rings. The predicted octanol–water partition coefficient (Wildman–Crippen LogP) is 3.75. The van der Waals surface area contributed by atoms with E-state index in [-0.39, 0.29) is 0 Å². The van der Waals surface area contributed by atoms with Crippen molar-refractivity contribution in [2.45, 2.75) is 5.60 Å². The number of rotatable bonds is 2. The van der Waals surface area contributed by atoms with Crippen LogP contribution in [0.25, 0.3) is 0 Å². The molecule has 0 spiro atoms. The molecule has 0 saturated heterocycles. The van der Waals surface area contributed by atoms with Crippen LogP contribution in [-0.2, 0) is 10.4 Å². The molecule has 0 saturated carbocycles. The van der Waals surface area contributed by atoms with E-state index in [0.29, 0.717) is 27.6 Å². The summed E-state index contributed by atoms with van der Waals surface area (Å²) in [6, 6.07) is 25.4. The first-order chi connectivity index (χ1) is 11.7. The first-order valence-electron chi connectivity index (χ1n) is 7.66. The number of hydroxylamine groups is 1. The molecule has 118 valence electrons. The summed E-state index contributed by atoms with van der Waals surface area (Å²) in [5, 5.41) is 11.2.